The topological polar surface area (TPSA) is 72.4 Å². The number of rotatable bonds is 3. The molecule has 0 spiro atoms. The molecule has 104 valence electrons. The summed E-state index contributed by atoms with van der Waals surface area (Å²) in [6.07, 6.45) is 3.10. The highest BCUT2D eigenvalue weighted by molar-refractivity contribution is 5.74. The van der Waals surface area contributed by atoms with Gasteiger partial charge in [0.2, 0.25) is 0 Å². The predicted octanol–water partition coefficient (Wildman–Crippen LogP) is 1.89. The molecule has 0 bridgehead atoms. The Balaban J connectivity index is 2.95. The zero-order valence-electron chi connectivity index (χ0n) is 11.9. The first kappa shape index (κ1) is 15.1. The maximum Gasteiger partial charge on any atom is 0.410 e. The Labute approximate surface area is 112 Å². The Kier molecular flexibility index (Phi) is 4.58. The summed E-state index contributed by atoms with van der Waals surface area (Å²) in [4.78, 5) is 32.6. The van der Waals surface area contributed by atoms with Crippen molar-refractivity contribution >= 4 is 12.4 Å². The Morgan fingerprint density at radius 3 is 2.42 bits per heavy atom. The van der Waals surface area contributed by atoms with Crippen LogP contribution in [0.4, 0.5) is 4.79 Å². The first-order valence-corrected chi connectivity index (χ1v) is 5.95. The molecule has 1 atom stereocenters. The standard InChI is InChI=1S/C13H19N3O3/c1-9-11(15-7-6-14-9)10(8-17)16(5)12(18)19-13(2,3)4/h6-8,10H,1-5H3. The van der Waals surface area contributed by atoms with E-state index in [4.69, 9.17) is 4.74 Å². The smallest absolute Gasteiger partial charge is 0.410 e. The highest BCUT2D eigenvalue weighted by Gasteiger charge is 2.28. The van der Waals surface area contributed by atoms with E-state index in [0.717, 1.165) is 0 Å². The second-order valence-electron chi connectivity index (χ2n) is 5.20. The lowest BCUT2D eigenvalue weighted by atomic mass is 10.1. The third-order valence-corrected chi connectivity index (χ3v) is 2.43. The Bertz CT molecular complexity index is 468. The van der Waals surface area contributed by atoms with Gasteiger partial charge in [0.25, 0.3) is 0 Å². The summed E-state index contributed by atoms with van der Waals surface area (Å²) in [5.74, 6) is 0. The van der Waals surface area contributed by atoms with Crippen LogP contribution < -0.4 is 0 Å². The summed E-state index contributed by atoms with van der Waals surface area (Å²) in [5.41, 5.74) is 0.441. The molecule has 0 radical (unpaired) electrons. The van der Waals surface area contributed by atoms with Crippen LogP contribution in [0.5, 0.6) is 0 Å². The number of carbonyl (C=O) groups excluding carboxylic acids is 2. The van der Waals surface area contributed by atoms with E-state index in [9.17, 15) is 9.59 Å². The Morgan fingerprint density at radius 2 is 1.95 bits per heavy atom. The normalized spacial score (nSPS) is 12.7. The molecule has 19 heavy (non-hydrogen) atoms. The Hall–Kier alpha value is -1.98. The van der Waals surface area contributed by atoms with Crippen LogP contribution >= 0.6 is 0 Å². The van der Waals surface area contributed by atoms with Crippen molar-refractivity contribution in [3.8, 4) is 0 Å². The first-order valence-electron chi connectivity index (χ1n) is 5.95. The number of likely N-dealkylation sites (N-methyl/N-ethyl adjacent to an activating group) is 1. The van der Waals surface area contributed by atoms with Crippen molar-refractivity contribution in [3.63, 3.8) is 0 Å². The summed E-state index contributed by atoms with van der Waals surface area (Å²) in [6, 6.07) is -0.802. The van der Waals surface area contributed by atoms with E-state index >= 15 is 0 Å². The monoisotopic (exact) mass is 265 g/mol. The van der Waals surface area contributed by atoms with Crippen LogP contribution in [0.25, 0.3) is 0 Å². The molecule has 0 saturated carbocycles. The van der Waals surface area contributed by atoms with Gasteiger partial charge in [-0.25, -0.2) is 4.79 Å². The molecule has 0 fully saturated rings. The van der Waals surface area contributed by atoms with Crippen LogP contribution in [0.1, 0.15) is 38.2 Å². The van der Waals surface area contributed by atoms with Crippen molar-refractivity contribution in [2.45, 2.75) is 39.3 Å². The van der Waals surface area contributed by atoms with Gasteiger partial charge in [-0.3, -0.25) is 14.9 Å². The number of nitrogens with zero attached hydrogens (tertiary/aromatic N) is 3. The largest absolute Gasteiger partial charge is 0.444 e. The van der Waals surface area contributed by atoms with Crippen molar-refractivity contribution in [1.29, 1.82) is 0 Å². The minimum Gasteiger partial charge on any atom is -0.444 e. The van der Waals surface area contributed by atoms with Gasteiger partial charge in [0.1, 0.15) is 17.9 Å². The van der Waals surface area contributed by atoms with Crippen LogP contribution in [-0.4, -0.2) is 39.9 Å². The summed E-state index contributed by atoms with van der Waals surface area (Å²) < 4.78 is 5.22. The second-order valence-corrected chi connectivity index (χ2v) is 5.20. The third kappa shape index (κ3) is 4.01. The van der Waals surface area contributed by atoms with Gasteiger partial charge in [-0.1, -0.05) is 0 Å². The molecule has 0 aliphatic heterocycles. The van der Waals surface area contributed by atoms with Crippen molar-refractivity contribution in [1.82, 2.24) is 14.9 Å². The Morgan fingerprint density at radius 1 is 1.37 bits per heavy atom. The third-order valence-electron chi connectivity index (χ3n) is 2.43. The van der Waals surface area contributed by atoms with E-state index in [0.29, 0.717) is 17.7 Å². The molecule has 1 rings (SSSR count). The van der Waals surface area contributed by atoms with Crippen molar-refractivity contribution < 1.29 is 14.3 Å². The van der Waals surface area contributed by atoms with Gasteiger partial charge in [-0.2, -0.15) is 0 Å². The minimum absolute atomic E-state index is 0.450. The molecule has 1 amide bonds. The second kappa shape index (κ2) is 5.77. The molecule has 1 aromatic heterocycles. The summed E-state index contributed by atoms with van der Waals surface area (Å²) in [5, 5.41) is 0. The predicted molar refractivity (Wildman–Crippen MR) is 69.6 cm³/mol. The van der Waals surface area contributed by atoms with Gasteiger partial charge in [0, 0.05) is 19.4 Å². The van der Waals surface area contributed by atoms with Gasteiger partial charge in [0.15, 0.2) is 0 Å². The molecule has 1 unspecified atom stereocenters. The molecule has 6 heteroatoms. The lowest BCUT2D eigenvalue weighted by Gasteiger charge is -2.28. The fourth-order valence-electron chi connectivity index (χ4n) is 1.50. The fourth-order valence-corrected chi connectivity index (χ4v) is 1.50. The molecule has 0 saturated heterocycles. The summed E-state index contributed by atoms with van der Waals surface area (Å²) in [6.45, 7) is 7.04. The highest BCUT2D eigenvalue weighted by atomic mass is 16.6. The summed E-state index contributed by atoms with van der Waals surface area (Å²) >= 11 is 0. The van der Waals surface area contributed by atoms with Crippen LogP contribution in [0.2, 0.25) is 0 Å². The number of aryl methyl sites for hydroxylation is 1. The number of aromatic nitrogens is 2. The summed E-state index contributed by atoms with van der Waals surface area (Å²) in [7, 11) is 1.50. The van der Waals surface area contributed by atoms with Gasteiger partial charge in [-0.05, 0) is 27.7 Å². The lowest BCUT2D eigenvalue weighted by Crippen LogP contribution is -2.37. The van der Waals surface area contributed by atoms with Gasteiger partial charge in [-0.15, -0.1) is 0 Å². The van der Waals surface area contributed by atoms with Crippen molar-refractivity contribution in [3.05, 3.63) is 23.8 Å². The molecule has 0 N–H and O–H groups in total. The van der Waals surface area contributed by atoms with E-state index in [2.05, 4.69) is 9.97 Å². The van der Waals surface area contributed by atoms with E-state index in [1.807, 2.05) is 0 Å². The molecular weight excluding hydrogens is 246 g/mol. The van der Waals surface area contributed by atoms with Gasteiger partial charge >= 0.3 is 6.09 Å². The van der Waals surface area contributed by atoms with Crippen LogP contribution in [0.3, 0.4) is 0 Å². The maximum atomic E-state index is 11.9. The van der Waals surface area contributed by atoms with E-state index in [-0.39, 0.29) is 0 Å². The number of hydrogen-bond acceptors (Lipinski definition) is 5. The van der Waals surface area contributed by atoms with Crippen LogP contribution in [-0.2, 0) is 9.53 Å². The highest BCUT2D eigenvalue weighted by Crippen LogP contribution is 2.19. The van der Waals surface area contributed by atoms with Gasteiger partial charge < -0.3 is 9.53 Å². The van der Waals surface area contributed by atoms with Crippen molar-refractivity contribution in [2.24, 2.45) is 0 Å². The van der Waals surface area contributed by atoms with Crippen LogP contribution in [0, 0.1) is 6.92 Å². The number of amides is 1. The zero-order chi connectivity index (χ0) is 14.6. The molecule has 6 nitrogen and oxygen atoms in total. The minimum atomic E-state index is -0.802. The SMILES string of the molecule is Cc1nccnc1C(C=O)N(C)C(=O)OC(C)(C)C. The molecular formula is C13H19N3O3. The number of aldehydes is 1. The first-order chi connectivity index (χ1) is 8.76. The zero-order valence-corrected chi connectivity index (χ0v) is 11.9. The van der Waals surface area contributed by atoms with E-state index in [1.165, 1.54) is 24.3 Å². The molecule has 1 aromatic rings. The number of carbonyl (C=O) groups is 2. The quantitative estimate of drug-likeness (QED) is 0.780. The maximum absolute atomic E-state index is 11.9. The molecule has 0 aliphatic rings. The van der Waals surface area contributed by atoms with Gasteiger partial charge in [0.05, 0.1) is 11.4 Å². The van der Waals surface area contributed by atoms with E-state index < -0.39 is 17.7 Å². The lowest BCUT2D eigenvalue weighted by molar-refractivity contribution is -0.112. The number of ether oxygens (including phenoxy) is 1. The number of hydrogen-bond donors (Lipinski definition) is 0. The van der Waals surface area contributed by atoms with Crippen LogP contribution in [0.15, 0.2) is 12.4 Å². The fraction of sp³-hybridized carbons (Fsp3) is 0.538. The average Bonchev–Trinajstić information content (AvgIpc) is 2.30. The average molecular weight is 265 g/mol. The molecule has 0 aliphatic carbocycles. The molecule has 1 heterocycles. The van der Waals surface area contributed by atoms with E-state index in [1.54, 1.807) is 27.7 Å². The van der Waals surface area contributed by atoms with Crippen molar-refractivity contribution in [2.75, 3.05) is 7.05 Å². The molecule has 0 aromatic carbocycles.